The van der Waals surface area contributed by atoms with E-state index in [1.807, 2.05) is 0 Å². The van der Waals surface area contributed by atoms with Gasteiger partial charge in [0.15, 0.2) is 0 Å². The molecule has 0 saturated heterocycles. The fourth-order valence-electron chi connectivity index (χ4n) is 4.45. The summed E-state index contributed by atoms with van der Waals surface area (Å²) in [4.78, 5) is 0. The van der Waals surface area contributed by atoms with Gasteiger partial charge >= 0.3 is 0 Å². The Morgan fingerprint density at radius 1 is 0.516 bits per heavy atom. The predicted molar refractivity (Wildman–Crippen MR) is 137 cm³/mol. The van der Waals surface area contributed by atoms with E-state index in [0.29, 0.717) is 6.42 Å². The largest absolute Gasteiger partial charge is 0.353 e. The van der Waals surface area contributed by atoms with E-state index in [1.165, 1.54) is 128 Å². The monoisotopic (exact) mass is 441 g/mol. The van der Waals surface area contributed by atoms with Gasteiger partial charge in [-0.1, -0.05) is 149 Å². The van der Waals surface area contributed by atoms with Crippen LogP contribution in [0.4, 0.5) is 0 Å². The standard InChI is InChI=1S/C28H59NO2/c1-4-7-8-9-10-11-12-13-14-15-16-17-18-19-20-21-22-23-24-25-26-27(5-2)29-28(30,31)6-3/h27,29-31H,4-26H2,1-3H3. The summed E-state index contributed by atoms with van der Waals surface area (Å²) >= 11 is 0. The van der Waals surface area contributed by atoms with E-state index in [4.69, 9.17) is 0 Å². The van der Waals surface area contributed by atoms with E-state index >= 15 is 0 Å². The van der Waals surface area contributed by atoms with Gasteiger partial charge < -0.3 is 10.2 Å². The Morgan fingerprint density at radius 2 is 0.839 bits per heavy atom. The molecule has 0 saturated carbocycles. The van der Waals surface area contributed by atoms with Crippen molar-refractivity contribution in [3.63, 3.8) is 0 Å². The molecule has 0 bridgehead atoms. The lowest BCUT2D eigenvalue weighted by Gasteiger charge is -2.27. The van der Waals surface area contributed by atoms with Crippen LogP contribution in [0.15, 0.2) is 0 Å². The Hall–Kier alpha value is -0.120. The van der Waals surface area contributed by atoms with E-state index < -0.39 is 5.91 Å². The van der Waals surface area contributed by atoms with Crippen molar-refractivity contribution in [2.24, 2.45) is 0 Å². The van der Waals surface area contributed by atoms with Crippen molar-refractivity contribution in [1.82, 2.24) is 5.32 Å². The fourth-order valence-corrected chi connectivity index (χ4v) is 4.45. The third kappa shape index (κ3) is 22.9. The molecule has 0 aliphatic carbocycles. The Bertz CT molecular complexity index is 346. The van der Waals surface area contributed by atoms with Crippen molar-refractivity contribution in [3.05, 3.63) is 0 Å². The summed E-state index contributed by atoms with van der Waals surface area (Å²) < 4.78 is 0. The Balaban J connectivity index is 3.23. The molecule has 0 fully saturated rings. The SMILES string of the molecule is CCCCCCCCCCCCCCCCCCCCCCC(CC)NC(O)(O)CC. The molecule has 0 heterocycles. The first-order chi connectivity index (χ1) is 15.1. The molecular weight excluding hydrogens is 382 g/mol. The lowest BCUT2D eigenvalue weighted by molar-refractivity contribution is -0.193. The summed E-state index contributed by atoms with van der Waals surface area (Å²) in [6, 6.07) is 0.213. The molecule has 0 aliphatic heterocycles. The lowest BCUT2D eigenvalue weighted by Crippen LogP contribution is -2.49. The highest BCUT2D eigenvalue weighted by Gasteiger charge is 2.23. The van der Waals surface area contributed by atoms with Gasteiger partial charge in [-0.25, -0.2) is 0 Å². The molecule has 0 aromatic heterocycles. The molecule has 0 aromatic carbocycles. The predicted octanol–water partition coefficient (Wildman–Crippen LogP) is 8.62. The van der Waals surface area contributed by atoms with Gasteiger partial charge in [0.25, 0.3) is 0 Å². The highest BCUT2D eigenvalue weighted by Crippen LogP contribution is 2.16. The minimum atomic E-state index is -1.70. The average molecular weight is 442 g/mol. The lowest BCUT2D eigenvalue weighted by atomic mass is 10.0. The molecule has 3 heteroatoms. The van der Waals surface area contributed by atoms with Gasteiger partial charge in [-0.2, -0.15) is 0 Å². The van der Waals surface area contributed by atoms with Crippen LogP contribution in [0.1, 0.15) is 168 Å². The minimum Gasteiger partial charge on any atom is -0.353 e. The van der Waals surface area contributed by atoms with Gasteiger partial charge in [-0.15, -0.1) is 0 Å². The summed E-state index contributed by atoms with van der Waals surface area (Å²) in [6.07, 6.45) is 30.4. The highest BCUT2D eigenvalue weighted by atomic mass is 16.5. The number of unbranched alkanes of at least 4 members (excludes halogenated alkanes) is 19. The smallest absolute Gasteiger partial charge is 0.222 e. The molecule has 3 nitrogen and oxygen atoms in total. The minimum absolute atomic E-state index is 0.213. The van der Waals surface area contributed by atoms with Crippen molar-refractivity contribution in [1.29, 1.82) is 0 Å². The Morgan fingerprint density at radius 3 is 1.13 bits per heavy atom. The number of hydrogen-bond donors (Lipinski definition) is 3. The first kappa shape index (κ1) is 30.9. The molecule has 0 spiro atoms. The van der Waals surface area contributed by atoms with Crippen molar-refractivity contribution >= 4 is 0 Å². The third-order valence-electron chi connectivity index (χ3n) is 6.83. The van der Waals surface area contributed by atoms with Crippen molar-refractivity contribution < 1.29 is 10.2 Å². The van der Waals surface area contributed by atoms with E-state index in [9.17, 15) is 10.2 Å². The molecule has 31 heavy (non-hydrogen) atoms. The van der Waals surface area contributed by atoms with Crippen molar-refractivity contribution in [2.45, 2.75) is 180 Å². The molecule has 3 N–H and O–H groups in total. The summed E-state index contributed by atoms with van der Waals surface area (Å²) in [5.41, 5.74) is 0. The molecular formula is C28H59NO2. The maximum Gasteiger partial charge on any atom is 0.222 e. The van der Waals surface area contributed by atoms with Gasteiger partial charge in [0, 0.05) is 12.5 Å². The zero-order valence-electron chi connectivity index (χ0n) is 21.7. The zero-order chi connectivity index (χ0) is 23.0. The van der Waals surface area contributed by atoms with E-state index in [1.54, 1.807) is 6.92 Å². The van der Waals surface area contributed by atoms with E-state index in [0.717, 1.165) is 12.8 Å². The Labute approximate surface area is 196 Å². The van der Waals surface area contributed by atoms with Crippen LogP contribution < -0.4 is 5.32 Å². The van der Waals surface area contributed by atoms with Crippen molar-refractivity contribution in [3.8, 4) is 0 Å². The van der Waals surface area contributed by atoms with Crippen LogP contribution in [0, 0.1) is 0 Å². The summed E-state index contributed by atoms with van der Waals surface area (Å²) in [6.45, 7) is 6.19. The second kappa shape index (κ2) is 23.1. The van der Waals surface area contributed by atoms with Gasteiger partial charge in [0.1, 0.15) is 0 Å². The van der Waals surface area contributed by atoms with Crippen LogP contribution in [0.5, 0.6) is 0 Å². The second-order valence-electron chi connectivity index (χ2n) is 9.93. The van der Waals surface area contributed by atoms with Crippen molar-refractivity contribution in [2.75, 3.05) is 0 Å². The maximum atomic E-state index is 9.73. The molecule has 0 aromatic rings. The van der Waals surface area contributed by atoms with E-state index in [2.05, 4.69) is 19.2 Å². The molecule has 188 valence electrons. The topological polar surface area (TPSA) is 52.5 Å². The number of rotatable bonds is 25. The quantitative estimate of drug-likeness (QED) is 0.0981. The van der Waals surface area contributed by atoms with Crippen LogP contribution in [0.2, 0.25) is 0 Å². The van der Waals surface area contributed by atoms with Gasteiger partial charge in [-0.3, -0.25) is 5.32 Å². The summed E-state index contributed by atoms with van der Waals surface area (Å²) in [5, 5.41) is 22.4. The average Bonchev–Trinajstić information content (AvgIpc) is 2.76. The molecule has 1 atom stereocenters. The van der Waals surface area contributed by atoms with Gasteiger partial charge in [-0.05, 0) is 12.8 Å². The van der Waals surface area contributed by atoms with Crippen LogP contribution in [-0.2, 0) is 0 Å². The summed E-state index contributed by atoms with van der Waals surface area (Å²) in [7, 11) is 0. The summed E-state index contributed by atoms with van der Waals surface area (Å²) in [5.74, 6) is -1.70. The van der Waals surface area contributed by atoms with Crippen LogP contribution >= 0.6 is 0 Å². The molecule has 0 rings (SSSR count). The number of aliphatic hydroxyl groups is 2. The Kier molecular flexibility index (Phi) is 23.0. The first-order valence-corrected chi connectivity index (χ1v) is 14.3. The zero-order valence-corrected chi connectivity index (χ0v) is 21.7. The fraction of sp³-hybridized carbons (Fsp3) is 1.00. The molecule has 0 aliphatic rings. The van der Waals surface area contributed by atoms with Crippen LogP contribution in [-0.4, -0.2) is 22.2 Å². The number of nitrogens with one attached hydrogen (secondary N) is 1. The first-order valence-electron chi connectivity index (χ1n) is 14.3. The normalized spacial score (nSPS) is 13.1. The maximum absolute atomic E-state index is 9.73. The highest BCUT2D eigenvalue weighted by molar-refractivity contribution is 4.70. The van der Waals surface area contributed by atoms with E-state index in [-0.39, 0.29) is 6.04 Å². The molecule has 0 amide bonds. The van der Waals surface area contributed by atoms with Gasteiger partial charge in [0.05, 0.1) is 0 Å². The van der Waals surface area contributed by atoms with Gasteiger partial charge in [0.2, 0.25) is 5.91 Å². The van der Waals surface area contributed by atoms with Crippen LogP contribution in [0.25, 0.3) is 0 Å². The molecule has 0 radical (unpaired) electrons. The number of hydrogen-bond acceptors (Lipinski definition) is 3. The molecule has 1 unspecified atom stereocenters. The third-order valence-corrected chi connectivity index (χ3v) is 6.83. The van der Waals surface area contributed by atoms with Crippen LogP contribution in [0.3, 0.4) is 0 Å². The second-order valence-corrected chi connectivity index (χ2v) is 9.93.